The zero-order valence-electron chi connectivity index (χ0n) is 9.95. The fourth-order valence-electron chi connectivity index (χ4n) is 1.40. The molecular formula is C14H11Cl2NS2. The van der Waals surface area contributed by atoms with E-state index in [2.05, 4.69) is 17.9 Å². The molecule has 0 amide bonds. The third-order valence-electron chi connectivity index (χ3n) is 2.24. The van der Waals surface area contributed by atoms with Gasteiger partial charge < -0.3 is 5.73 Å². The summed E-state index contributed by atoms with van der Waals surface area (Å²) in [4.78, 5) is 3.29. The van der Waals surface area contributed by atoms with Crippen LogP contribution in [0.2, 0.25) is 10.0 Å². The second kappa shape index (κ2) is 7.23. The van der Waals surface area contributed by atoms with Gasteiger partial charge in [0.05, 0.1) is 16.4 Å². The van der Waals surface area contributed by atoms with E-state index in [4.69, 9.17) is 28.9 Å². The van der Waals surface area contributed by atoms with Crippen LogP contribution in [0, 0.1) is 11.8 Å². The van der Waals surface area contributed by atoms with E-state index < -0.39 is 0 Å². The first kappa shape index (κ1) is 14.8. The molecule has 1 aromatic heterocycles. The molecule has 2 aromatic rings. The van der Waals surface area contributed by atoms with Crippen LogP contribution in [0.1, 0.15) is 9.75 Å². The minimum Gasteiger partial charge on any atom is -0.320 e. The highest BCUT2D eigenvalue weighted by Crippen LogP contribution is 2.33. The van der Waals surface area contributed by atoms with Crippen molar-refractivity contribution >= 4 is 46.3 Å². The number of benzene rings is 1. The Morgan fingerprint density at radius 3 is 2.84 bits per heavy atom. The SMILES string of the molecule is NCC#Cc1ccc(CSc2cc(Cl)ccc2Cl)s1. The van der Waals surface area contributed by atoms with Gasteiger partial charge in [0.25, 0.3) is 0 Å². The summed E-state index contributed by atoms with van der Waals surface area (Å²) in [6.45, 7) is 0.389. The largest absolute Gasteiger partial charge is 0.320 e. The molecule has 0 radical (unpaired) electrons. The van der Waals surface area contributed by atoms with E-state index in [0.717, 1.165) is 20.5 Å². The molecule has 5 heteroatoms. The predicted molar refractivity (Wildman–Crippen MR) is 86.3 cm³/mol. The topological polar surface area (TPSA) is 26.0 Å². The van der Waals surface area contributed by atoms with E-state index in [-0.39, 0.29) is 0 Å². The Labute approximate surface area is 131 Å². The van der Waals surface area contributed by atoms with Gasteiger partial charge in [-0.1, -0.05) is 35.0 Å². The minimum atomic E-state index is 0.389. The molecular weight excluding hydrogens is 317 g/mol. The molecule has 1 nitrogen and oxygen atoms in total. The number of hydrogen-bond donors (Lipinski definition) is 1. The molecule has 0 fully saturated rings. The average molecular weight is 328 g/mol. The fraction of sp³-hybridized carbons (Fsp3) is 0.143. The number of thiophene rings is 1. The van der Waals surface area contributed by atoms with Crippen molar-refractivity contribution < 1.29 is 0 Å². The Morgan fingerprint density at radius 1 is 1.21 bits per heavy atom. The minimum absolute atomic E-state index is 0.389. The van der Waals surface area contributed by atoms with Gasteiger partial charge in [-0.25, -0.2) is 0 Å². The summed E-state index contributed by atoms with van der Waals surface area (Å²) >= 11 is 15.4. The molecule has 1 heterocycles. The molecule has 19 heavy (non-hydrogen) atoms. The molecule has 0 aliphatic carbocycles. The summed E-state index contributed by atoms with van der Waals surface area (Å²) in [7, 11) is 0. The smallest absolute Gasteiger partial charge is 0.0772 e. The normalized spacial score (nSPS) is 10.1. The van der Waals surface area contributed by atoms with Gasteiger partial charge in [-0.05, 0) is 30.3 Å². The monoisotopic (exact) mass is 327 g/mol. The Hall–Kier alpha value is -0.630. The number of hydrogen-bond acceptors (Lipinski definition) is 3. The van der Waals surface area contributed by atoms with Gasteiger partial charge in [0, 0.05) is 20.5 Å². The molecule has 98 valence electrons. The van der Waals surface area contributed by atoms with Gasteiger partial charge in [0.1, 0.15) is 0 Å². The molecule has 0 saturated carbocycles. The van der Waals surface area contributed by atoms with Gasteiger partial charge in [-0.2, -0.15) is 0 Å². The Bertz CT molecular complexity index is 626. The van der Waals surface area contributed by atoms with Crippen LogP contribution in [-0.2, 0) is 5.75 Å². The van der Waals surface area contributed by atoms with Crippen molar-refractivity contribution in [2.45, 2.75) is 10.6 Å². The maximum absolute atomic E-state index is 6.12. The van der Waals surface area contributed by atoms with Crippen molar-refractivity contribution in [2.75, 3.05) is 6.54 Å². The zero-order valence-corrected chi connectivity index (χ0v) is 13.1. The highest BCUT2D eigenvalue weighted by Gasteiger charge is 2.04. The molecule has 0 saturated heterocycles. The number of halogens is 2. The highest BCUT2D eigenvalue weighted by atomic mass is 35.5. The number of rotatable bonds is 3. The molecule has 0 atom stereocenters. The summed E-state index contributed by atoms with van der Waals surface area (Å²) < 4.78 is 0. The maximum Gasteiger partial charge on any atom is 0.0772 e. The van der Waals surface area contributed by atoms with Crippen LogP contribution in [0.4, 0.5) is 0 Å². The quantitative estimate of drug-likeness (QED) is 0.655. The van der Waals surface area contributed by atoms with Gasteiger partial charge >= 0.3 is 0 Å². The van der Waals surface area contributed by atoms with E-state index in [9.17, 15) is 0 Å². The van der Waals surface area contributed by atoms with Crippen LogP contribution in [0.15, 0.2) is 35.2 Å². The molecule has 0 bridgehead atoms. The first-order chi connectivity index (χ1) is 9.19. The average Bonchev–Trinajstić information content (AvgIpc) is 2.85. The summed E-state index contributed by atoms with van der Waals surface area (Å²) in [6, 6.07) is 9.59. The molecule has 2 N–H and O–H groups in total. The maximum atomic E-state index is 6.12. The molecule has 0 aliphatic rings. The second-order valence-electron chi connectivity index (χ2n) is 3.64. The molecule has 0 unspecified atom stereocenters. The fourth-order valence-corrected chi connectivity index (χ4v) is 3.82. The second-order valence-corrected chi connectivity index (χ2v) is 6.66. The number of thioether (sulfide) groups is 1. The first-order valence-corrected chi connectivity index (χ1v) is 8.10. The van der Waals surface area contributed by atoms with Crippen LogP contribution in [0.25, 0.3) is 0 Å². The first-order valence-electron chi connectivity index (χ1n) is 5.54. The summed E-state index contributed by atoms with van der Waals surface area (Å²) in [5.74, 6) is 6.74. The third kappa shape index (κ3) is 4.45. The lowest BCUT2D eigenvalue weighted by Gasteiger charge is -2.03. The summed E-state index contributed by atoms with van der Waals surface area (Å²) in [6.07, 6.45) is 0. The van der Waals surface area contributed by atoms with Crippen molar-refractivity contribution in [1.29, 1.82) is 0 Å². The van der Waals surface area contributed by atoms with Crippen LogP contribution in [-0.4, -0.2) is 6.54 Å². The lowest BCUT2D eigenvalue weighted by molar-refractivity contribution is 1.30. The van der Waals surface area contributed by atoms with Crippen LogP contribution in [0.3, 0.4) is 0 Å². The molecule has 0 aliphatic heterocycles. The highest BCUT2D eigenvalue weighted by molar-refractivity contribution is 7.98. The Balaban J connectivity index is 2.02. The Kier molecular flexibility index (Phi) is 5.62. The van der Waals surface area contributed by atoms with E-state index in [1.165, 1.54) is 4.88 Å². The van der Waals surface area contributed by atoms with E-state index >= 15 is 0 Å². The predicted octanol–water partition coefficient (Wildman–Crippen LogP) is 4.66. The molecule has 1 aromatic carbocycles. The van der Waals surface area contributed by atoms with E-state index in [1.807, 2.05) is 18.2 Å². The van der Waals surface area contributed by atoms with E-state index in [0.29, 0.717) is 11.6 Å². The van der Waals surface area contributed by atoms with Gasteiger partial charge in [-0.3, -0.25) is 0 Å². The van der Waals surface area contributed by atoms with Crippen molar-refractivity contribution in [3.63, 3.8) is 0 Å². The molecule has 2 rings (SSSR count). The van der Waals surface area contributed by atoms with Gasteiger partial charge in [0.15, 0.2) is 0 Å². The summed E-state index contributed by atoms with van der Waals surface area (Å²) in [5, 5.41) is 1.43. The Morgan fingerprint density at radius 2 is 2.05 bits per heavy atom. The lowest BCUT2D eigenvalue weighted by atomic mass is 10.4. The van der Waals surface area contributed by atoms with Gasteiger partial charge in [0.2, 0.25) is 0 Å². The van der Waals surface area contributed by atoms with Crippen molar-refractivity contribution in [1.82, 2.24) is 0 Å². The standard InChI is InChI=1S/C14H11Cl2NS2/c15-10-3-6-13(16)14(8-10)18-9-12-5-4-11(19-12)2-1-7-17/h3-6,8H,7,9,17H2. The van der Waals surface area contributed by atoms with Crippen LogP contribution in [0.5, 0.6) is 0 Å². The van der Waals surface area contributed by atoms with E-state index in [1.54, 1.807) is 29.2 Å². The van der Waals surface area contributed by atoms with Gasteiger partial charge in [-0.15, -0.1) is 23.1 Å². The summed E-state index contributed by atoms with van der Waals surface area (Å²) in [5.41, 5.74) is 5.35. The van der Waals surface area contributed by atoms with Crippen molar-refractivity contribution in [2.24, 2.45) is 5.73 Å². The van der Waals surface area contributed by atoms with Crippen molar-refractivity contribution in [3.05, 3.63) is 50.1 Å². The third-order valence-corrected chi connectivity index (χ3v) is 5.20. The zero-order chi connectivity index (χ0) is 13.7. The van der Waals surface area contributed by atoms with Crippen molar-refractivity contribution in [3.8, 4) is 11.8 Å². The van der Waals surface area contributed by atoms with Crippen LogP contribution < -0.4 is 5.73 Å². The van der Waals surface area contributed by atoms with Crippen LogP contribution >= 0.6 is 46.3 Å². The number of nitrogens with two attached hydrogens (primary N) is 1. The molecule has 0 spiro atoms. The lowest BCUT2D eigenvalue weighted by Crippen LogP contribution is -1.92.